The van der Waals surface area contributed by atoms with Gasteiger partial charge in [0, 0.05) is 36.1 Å². The monoisotopic (exact) mass is 575 g/mol. The first-order valence-corrected chi connectivity index (χ1v) is 15.1. The van der Waals surface area contributed by atoms with E-state index in [1.807, 2.05) is 0 Å². The summed E-state index contributed by atoms with van der Waals surface area (Å²) in [6.07, 6.45) is 0. The predicted molar refractivity (Wildman–Crippen MR) is 143 cm³/mol. The molecule has 0 spiro atoms. The van der Waals surface area contributed by atoms with E-state index in [9.17, 15) is 29.4 Å². The van der Waals surface area contributed by atoms with E-state index in [-0.39, 0.29) is 46.2 Å². The van der Waals surface area contributed by atoms with Crippen LogP contribution in [0.15, 0.2) is 0 Å². The second-order valence-electron chi connectivity index (χ2n) is 6.11. The van der Waals surface area contributed by atoms with E-state index in [1.165, 1.54) is 21.6 Å². The molecule has 9 N–H and O–H groups in total. The van der Waals surface area contributed by atoms with Crippen molar-refractivity contribution in [2.45, 2.75) is 12.1 Å². The van der Waals surface area contributed by atoms with Crippen molar-refractivity contribution in [1.29, 1.82) is 0 Å². The first kappa shape index (κ1) is 30.2. The van der Waals surface area contributed by atoms with Crippen LogP contribution in [0.4, 0.5) is 0 Å². The Morgan fingerprint density at radius 3 is 1.52 bits per heavy atom. The Kier molecular flexibility index (Phi) is 14.6. The van der Waals surface area contributed by atoms with Gasteiger partial charge in [0.25, 0.3) is 11.8 Å². The first-order valence-electron chi connectivity index (χ1n) is 9.23. The molecule has 0 unspecified atom stereocenters. The molecule has 0 aliphatic heterocycles. The number of nitrogens with two attached hydrogens (primary N) is 2. The molecule has 0 aliphatic carbocycles. The van der Waals surface area contributed by atoms with Crippen LogP contribution in [0.2, 0.25) is 0 Å². The Morgan fingerprint density at radius 2 is 1.18 bits per heavy atom. The summed E-state index contributed by atoms with van der Waals surface area (Å²) < 4.78 is 0. The largest absolute Gasteiger partial charge is 0.503 e. The fourth-order valence-electron chi connectivity index (χ4n) is 1.87. The number of amides is 2. The minimum Gasteiger partial charge on any atom is -0.503 e. The molecule has 0 aliphatic rings. The maximum atomic E-state index is 12.2. The third-order valence-corrected chi connectivity index (χ3v) is 9.02. The highest BCUT2D eigenvalue weighted by Crippen LogP contribution is 2.33. The third kappa shape index (κ3) is 10.1. The predicted octanol–water partition coefficient (Wildman–Crippen LogP) is 0.216. The van der Waals surface area contributed by atoms with Gasteiger partial charge in [0.05, 0.1) is 12.1 Å². The molecule has 0 radical (unpaired) electrons. The molecule has 2 amide bonds. The molecular formula is C16H25N5O6S6. The molecule has 1 aromatic heterocycles. The molecule has 0 saturated heterocycles. The molecule has 1 heterocycles. The topological polar surface area (TPSA) is 201 Å². The quantitative estimate of drug-likeness (QED) is 0.0831. The van der Waals surface area contributed by atoms with Crippen molar-refractivity contribution in [3.63, 3.8) is 0 Å². The van der Waals surface area contributed by atoms with Gasteiger partial charge in [-0.3, -0.25) is 19.2 Å². The number of nitrogens with one attached hydrogen (secondary N) is 3. The molecular weight excluding hydrogens is 551 g/mol. The minimum absolute atomic E-state index is 0.158. The highest BCUT2D eigenvalue weighted by atomic mass is 33.1. The molecule has 33 heavy (non-hydrogen) atoms. The van der Waals surface area contributed by atoms with Crippen molar-refractivity contribution in [3.8, 4) is 11.5 Å². The van der Waals surface area contributed by atoms with Crippen molar-refractivity contribution in [2.24, 2.45) is 11.5 Å². The lowest BCUT2D eigenvalue weighted by atomic mass is 10.3. The molecule has 1 aromatic rings. The standard InChI is InChI=1S/C16H25N5O6S6/c17-7(5-28)15(26)32-30-3-1-19-13(24)9-11(22)12(23)10(21-9)14(25)20-2-4-31-33-16(27)8(18)6-29/h7-8,21-23,28-29H,1-6,17-18H2,(H,19,24)(H,20,25)/t7-,8-/m0/s1. The van der Waals surface area contributed by atoms with Crippen LogP contribution in [0.3, 0.4) is 0 Å². The highest BCUT2D eigenvalue weighted by molar-refractivity contribution is 8.82. The van der Waals surface area contributed by atoms with Crippen molar-refractivity contribution in [2.75, 3.05) is 36.1 Å². The minimum atomic E-state index is -0.758. The number of H-pyrrole nitrogens is 1. The second kappa shape index (κ2) is 16.0. The fourth-order valence-corrected chi connectivity index (χ4v) is 6.07. The van der Waals surface area contributed by atoms with Gasteiger partial charge in [-0.1, -0.05) is 21.6 Å². The van der Waals surface area contributed by atoms with Crippen molar-refractivity contribution >= 4 is 90.5 Å². The SMILES string of the molecule is N[C@@H](CS)C(=O)SSCCNC(=O)c1[nH]c(C(=O)NCCSSC(=O)[C@@H](N)CS)c(O)c1O. The number of aromatic amines is 1. The molecule has 0 fully saturated rings. The first-order chi connectivity index (χ1) is 15.6. The summed E-state index contributed by atoms with van der Waals surface area (Å²) in [4.78, 5) is 50.0. The summed E-state index contributed by atoms with van der Waals surface area (Å²) in [7, 11) is 4.30. The van der Waals surface area contributed by atoms with Crippen LogP contribution in [-0.2, 0) is 9.59 Å². The van der Waals surface area contributed by atoms with E-state index < -0.39 is 35.4 Å². The van der Waals surface area contributed by atoms with Gasteiger partial charge in [0.1, 0.15) is 0 Å². The molecule has 17 heteroatoms. The van der Waals surface area contributed by atoms with Crippen LogP contribution in [0.25, 0.3) is 0 Å². The fraction of sp³-hybridized carbons (Fsp3) is 0.500. The second-order valence-corrected chi connectivity index (χ2v) is 11.7. The van der Waals surface area contributed by atoms with Gasteiger partial charge in [-0.05, 0) is 21.6 Å². The zero-order valence-corrected chi connectivity index (χ0v) is 22.2. The lowest BCUT2D eigenvalue weighted by molar-refractivity contribution is -0.112. The van der Waals surface area contributed by atoms with E-state index in [2.05, 4.69) is 40.9 Å². The summed E-state index contributed by atoms with van der Waals surface area (Å²) in [5, 5.41) is 24.5. The maximum Gasteiger partial charge on any atom is 0.271 e. The van der Waals surface area contributed by atoms with Gasteiger partial charge in [0.2, 0.25) is 10.2 Å². The summed E-state index contributed by atoms with van der Waals surface area (Å²) in [6, 6.07) is -1.33. The zero-order chi connectivity index (χ0) is 25.0. The average molecular weight is 576 g/mol. The number of thiol groups is 2. The molecule has 0 bridgehead atoms. The lowest BCUT2D eigenvalue weighted by Gasteiger charge is -2.06. The van der Waals surface area contributed by atoms with Gasteiger partial charge >= 0.3 is 0 Å². The van der Waals surface area contributed by atoms with E-state index in [1.54, 1.807) is 0 Å². The van der Waals surface area contributed by atoms with Crippen LogP contribution < -0.4 is 22.1 Å². The summed E-state index contributed by atoms with van der Waals surface area (Å²) >= 11 is 7.89. The van der Waals surface area contributed by atoms with Crippen LogP contribution >= 0.6 is 68.4 Å². The van der Waals surface area contributed by atoms with E-state index in [0.29, 0.717) is 11.5 Å². The van der Waals surface area contributed by atoms with Crippen LogP contribution in [-0.4, -0.2) is 85.4 Å². The van der Waals surface area contributed by atoms with Gasteiger partial charge in [-0.25, -0.2) is 0 Å². The Bertz CT molecular complexity index is 777. The lowest BCUT2D eigenvalue weighted by Crippen LogP contribution is -2.30. The van der Waals surface area contributed by atoms with Crippen molar-refractivity contribution < 1.29 is 29.4 Å². The number of aromatic nitrogens is 1. The Balaban J connectivity index is 2.46. The van der Waals surface area contributed by atoms with Gasteiger partial charge in [-0.15, -0.1) is 0 Å². The number of hydrogen-bond donors (Lipinski definition) is 9. The Labute approximate surface area is 217 Å². The molecule has 11 nitrogen and oxygen atoms in total. The average Bonchev–Trinajstić information content (AvgIpc) is 3.11. The molecule has 1 rings (SSSR count). The number of carbonyl (C=O) groups excluding carboxylic acids is 4. The normalized spacial score (nSPS) is 12.7. The van der Waals surface area contributed by atoms with Crippen LogP contribution in [0, 0.1) is 0 Å². The van der Waals surface area contributed by atoms with Crippen LogP contribution in [0.1, 0.15) is 21.0 Å². The van der Waals surface area contributed by atoms with Gasteiger partial charge in [-0.2, -0.15) is 25.3 Å². The van der Waals surface area contributed by atoms with Crippen molar-refractivity contribution in [1.82, 2.24) is 15.6 Å². The number of rotatable bonds is 14. The third-order valence-electron chi connectivity index (χ3n) is 3.62. The Morgan fingerprint density at radius 1 is 0.818 bits per heavy atom. The maximum absolute atomic E-state index is 12.2. The van der Waals surface area contributed by atoms with Crippen LogP contribution in [0.5, 0.6) is 11.5 Å². The van der Waals surface area contributed by atoms with Gasteiger partial charge in [0.15, 0.2) is 22.9 Å². The molecule has 0 saturated carbocycles. The number of carbonyl (C=O) groups is 4. The van der Waals surface area contributed by atoms with E-state index in [0.717, 1.165) is 21.6 Å². The van der Waals surface area contributed by atoms with E-state index >= 15 is 0 Å². The smallest absolute Gasteiger partial charge is 0.271 e. The van der Waals surface area contributed by atoms with Gasteiger partial charge < -0.3 is 37.3 Å². The number of aromatic hydroxyl groups is 2. The number of hydrogen-bond acceptors (Lipinski definition) is 14. The molecule has 0 aromatic carbocycles. The zero-order valence-electron chi connectivity index (χ0n) is 17.1. The van der Waals surface area contributed by atoms with E-state index in [4.69, 9.17) is 11.5 Å². The Hall–Kier alpha value is -0.820. The summed E-state index contributed by atoms with van der Waals surface area (Å²) in [5.41, 5.74) is 10.3. The highest BCUT2D eigenvalue weighted by Gasteiger charge is 2.25. The molecule has 186 valence electrons. The van der Waals surface area contributed by atoms with Crippen molar-refractivity contribution in [3.05, 3.63) is 11.4 Å². The summed E-state index contributed by atoms with van der Waals surface area (Å²) in [5.74, 6) is -1.78. The molecule has 2 atom stereocenters. The summed E-state index contributed by atoms with van der Waals surface area (Å²) in [6.45, 7) is 0.316.